The van der Waals surface area contributed by atoms with Gasteiger partial charge in [0, 0.05) is 37.9 Å². The Bertz CT molecular complexity index is 1210. The number of sulfonamides is 1. The first-order valence-electron chi connectivity index (χ1n) is 11.4. The molecule has 1 aliphatic heterocycles. The molecule has 0 aliphatic carbocycles. The summed E-state index contributed by atoms with van der Waals surface area (Å²) < 4.78 is 38.2. The van der Waals surface area contributed by atoms with Crippen molar-refractivity contribution < 1.29 is 17.9 Å². The molecule has 1 aromatic heterocycles. The van der Waals surface area contributed by atoms with E-state index in [2.05, 4.69) is 30.2 Å². The van der Waals surface area contributed by atoms with E-state index in [4.69, 9.17) is 9.47 Å². The summed E-state index contributed by atoms with van der Waals surface area (Å²) in [4.78, 5) is 11.5. The third-order valence-electron chi connectivity index (χ3n) is 5.44. The van der Waals surface area contributed by atoms with Gasteiger partial charge in [0.25, 0.3) is 0 Å². The summed E-state index contributed by atoms with van der Waals surface area (Å²) in [6.45, 7) is 5.27. The fraction of sp³-hybridized carbons (Fsp3) is 0.333. The molecule has 2 heterocycles. The Morgan fingerprint density at radius 1 is 1.00 bits per heavy atom. The van der Waals surface area contributed by atoms with Gasteiger partial charge in [0.2, 0.25) is 16.0 Å². The summed E-state index contributed by atoms with van der Waals surface area (Å²) in [5, 5.41) is 6.46. The van der Waals surface area contributed by atoms with Crippen LogP contribution in [0.25, 0.3) is 0 Å². The van der Waals surface area contributed by atoms with Crippen LogP contribution in [0.1, 0.15) is 5.56 Å². The van der Waals surface area contributed by atoms with Crippen LogP contribution < -0.4 is 25.0 Å². The summed E-state index contributed by atoms with van der Waals surface area (Å²) in [5.74, 6) is 2.43. The lowest BCUT2D eigenvalue weighted by atomic mass is 10.2. The molecule has 0 atom stereocenters. The van der Waals surface area contributed by atoms with Crippen molar-refractivity contribution in [2.75, 3.05) is 62.0 Å². The van der Waals surface area contributed by atoms with E-state index in [0.29, 0.717) is 37.3 Å². The first-order chi connectivity index (χ1) is 16.9. The molecule has 0 amide bonds. The number of ether oxygens (including phenoxy) is 2. The van der Waals surface area contributed by atoms with Crippen LogP contribution >= 0.6 is 0 Å². The van der Waals surface area contributed by atoms with E-state index in [1.807, 2.05) is 37.3 Å². The number of rotatable bonds is 10. The second-order valence-corrected chi connectivity index (χ2v) is 9.79. The summed E-state index contributed by atoms with van der Waals surface area (Å²) in [6, 6.07) is 16.2. The average Bonchev–Trinajstić information content (AvgIpc) is 2.88. The molecule has 1 aliphatic rings. The molecule has 1 fully saturated rings. The summed E-state index contributed by atoms with van der Waals surface area (Å²) in [5.41, 5.74) is 2.09. The highest BCUT2D eigenvalue weighted by Crippen LogP contribution is 2.23. The molecular weight excluding hydrogens is 468 g/mol. The van der Waals surface area contributed by atoms with Gasteiger partial charge in [-0.15, -0.1) is 0 Å². The van der Waals surface area contributed by atoms with Crippen molar-refractivity contribution >= 4 is 33.3 Å². The summed E-state index contributed by atoms with van der Waals surface area (Å²) >= 11 is 0. The number of nitrogens with one attached hydrogen (secondary N) is 3. The van der Waals surface area contributed by atoms with Gasteiger partial charge in [0.15, 0.2) is 0 Å². The molecule has 0 unspecified atom stereocenters. The quantitative estimate of drug-likeness (QED) is 0.363. The molecule has 0 bridgehead atoms. The first-order valence-corrected chi connectivity index (χ1v) is 12.8. The van der Waals surface area contributed by atoms with Gasteiger partial charge in [-0.1, -0.05) is 17.7 Å². The molecule has 1 saturated heterocycles. The lowest BCUT2D eigenvalue weighted by Crippen LogP contribution is -2.37. The molecular formula is C24H30N6O4S. The lowest BCUT2D eigenvalue weighted by Gasteiger charge is -2.28. The van der Waals surface area contributed by atoms with Crippen molar-refractivity contribution in [2.24, 2.45) is 0 Å². The van der Waals surface area contributed by atoms with Gasteiger partial charge in [-0.3, -0.25) is 0 Å². The standard InChI is InChI=1S/C24H30N6O4S/c1-18-3-5-19(6-4-18)27-22-17-23(30-13-15-34-16-14-30)29-24(28-22)25-11-12-26-35(31,32)21-9-7-20(33-2)8-10-21/h3-10,17,26H,11-16H2,1-2H3,(H2,25,27,28,29). The van der Waals surface area contributed by atoms with E-state index in [9.17, 15) is 8.42 Å². The fourth-order valence-electron chi connectivity index (χ4n) is 3.51. The molecule has 0 spiro atoms. The van der Waals surface area contributed by atoms with Crippen molar-refractivity contribution in [3.05, 3.63) is 60.2 Å². The van der Waals surface area contributed by atoms with E-state index in [-0.39, 0.29) is 11.4 Å². The van der Waals surface area contributed by atoms with Gasteiger partial charge < -0.3 is 25.0 Å². The molecule has 3 N–H and O–H groups in total. The average molecular weight is 499 g/mol. The van der Waals surface area contributed by atoms with E-state index in [1.165, 1.54) is 24.8 Å². The Kier molecular flexibility index (Phi) is 8.01. The van der Waals surface area contributed by atoms with E-state index in [1.54, 1.807) is 12.1 Å². The van der Waals surface area contributed by atoms with Crippen LogP contribution in [0.2, 0.25) is 0 Å². The number of aromatic nitrogens is 2. The number of benzene rings is 2. The molecule has 3 aromatic rings. The zero-order chi connectivity index (χ0) is 24.7. The van der Waals surface area contributed by atoms with Crippen molar-refractivity contribution in [3.8, 4) is 5.75 Å². The van der Waals surface area contributed by atoms with E-state index >= 15 is 0 Å². The molecule has 4 rings (SSSR count). The van der Waals surface area contributed by atoms with Crippen LogP contribution in [-0.2, 0) is 14.8 Å². The number of nitrogens with zero attached hydrogens (tertiary/aromatic N) is 3. The molecule has 186 valence electrons. The van der Waals surface area contributed by atoms with Gasteiger partial charge in [0.1, 0.15) is 17.4 Å². The number of anilines is 4. The van der Waals surface area contributed by atoms with Gasteiger partial charge in [-0.25, -0.2) is 13.1 Å². The highest BCUT2D eigenvalue weighted by atomic mass is 32.2. The van der Waals surface area contributed by atoms with Crippen molar-refractivity contribution in [1.29, 1.82) is 0 Å². The minimum Gasteiger partial charge on any atom is -0.497 e. The maximum atomic E-state index is 12.5. The second-order valence-electron chi connectivity index (χ2n) is 8.03. The third-order valence-corrected chi connectivity index (χ3v) is 6.92. The van der Waals surface area contributed by atoms with E-state index in [0.717, 1.165) is 24.6 Å². The number of hydrogen-bond donors (Lipinski definition) is 3. The second kappa shape index (κ2) is 11.3. The van der Waals surface area contributed by atoms with E-state index < -0.39 is 10.0 Å². The van der Waals surface area contributed by atoms with Gasteiger partial charge in [-0.2, -0.15) is 9.97 Å². The lowest BCUT2D eigenvalue weighted by molar-refractivity contribution is 0.122. The van der Waals surface area contributed by atoms with Crippen molar-refractivity contribution in [1.82, 2.24) is 14.7 Å². The molecule has 0 radical (unpaired) electrons. The fourth-order valence-corrected chi connectivity index (χ4v) is 4.55. The Morgan fingerprint density at radius 2 is 1.71 bits per heavy atom. The molecule has 0 saturated carbocycles. The molecule has 10 nitrogen and oxygen atoms in total. The molecule has 11 heteroatoms. The zero-order valence-electron chi connectivity index (χ0n) is 19.8. The van der Waals surface area contributed by atoms with Gasteiger partial charge >= 0.3 is 0 Å². The number of aryl methyl sites for hydroxylation is 1. The van der Waals surface area contributed by atoms with Crippen LogP contribution in [0.3, 0.4) is 0 Å². The van der Waals surface area contributed by atoms with Crippen molar-refractivity contribution in [3.63, 3.8) is 0 Å². The maximum Gasteiger partial charge on any atom is 0.240 e. The van der Waals surface area contributed by atoms with Gasteiger partial charge in [0.05, 0.1) is 25.2 Å². The Hall–Kier alpha value is -3.41. The number of morpholine rings is 1. The predicted octanol–water partition coefficient (Wildman–Crippen LogP) is 2.76. The Morgan fingerprint density at radius 3 is 2.40 bits per heavy atom. The smallest absolute Gasteiger partial charge is 0.240 e. The first kappa shape index (κ1) is 24.7. The van der Waals surface area contributed by atoms with Crippen LogP contribution in [0.15, 0.2) is 59.5 Å². The third kappa shape index (κ3) is 6.81. The minimum atomic E-state index is -3.64. The maximum absolute atomic E-state index is 12.5. The summed E-state index contributed by atoms with van der Waals surface area (Å²) in [7, 11) is -2.11. The SMILES string of the molecule is COc1ccc(S(=O)(=O)NCCNc2nc(Nc3ccc(C)cc3)cc(N3CCOCC3)n2)cc1. The highest BCUT2D eigenvalue weighted by Gasteiger charge is 2.16. The predicted molar refractivity (Wildman–Crippen MR) is 136 cm³/mol. The largest absolute Gasteiger partial charge is 0.497 e. The molecule has 2 aromatic carbocycles. The van der Waals surface area contributed by atoms with Crippen LogP contribution in [-0.4, -0.2) is 64.9 Å². The monoisotopic (exact) mass is 498 g/mol. The zero-order valence-corrected chi connectivity index (χ0v) is 20.6. The summed E-state index contributed by atoms with van der Waals surface area (Å²) in [6.07, 6.45) is 0. The van der Waals surface area contributed by atoms with Crippen LogP contribution in [0, 0.1) is 6.92 Å². The Balaban J connectivity index is 1.42. The van der Waals surface area contributed by atoms with Crippen LogP contribution in [0.4, 0.5) is 23.3 Å². The number of methoxy groups -OCH3 is 1. The van der Waals surface area contributed by atoms with Crippen LogP contribution in [0.5, 0.6) is 5.75 Å². The topological polar surface area (TPSA) is 118 Å². The Labute approximate surface area is 205 Å². The normalized spacial score (nSPS) is 13.9. The highest BCUT2D eigenvalue weighted by molar-refractivity contribution is 7.89. The van der Waals surface area contributed by atoms with Gasteiger partial charge in [-0.05, 0) is 43.3 Å². The molecule has 35 heavy (non-hydrogen) atoms. The minimum absolute atomic E-state index is 0.167. The van der Waals surface area contributed by atoms with Crippen molar-refractivity contribution in [2.45, 2.75) is 11.8 Å². The number of hydrogen-bond acceptors (Lipinski definition) is 9.